The quantitative estimate of drug-likeness (QED) is 0.265. The molecule has 0 aliphatic carbocycles. The first kappa shape index (κ1) is 16.5. The molecular formula is C9H18O6. The van der Waals surface area contributed by atoms with Crippen LogP contribution in [0.5, 0.6) is 0 Å². The van der Waals surface area contributed by atoms with Gasteiger partial charge in [0.05, 0.1) is 33.0 Å². The van der Waals surface area contributed by atoms with Crippen molar-refractivity contribution in [3.05, 3.63) is 12.7 Å². The molecule has 6 heteroatoms. The molecule has 0 amide bonds. The van der Waals surface area contributed by atoms with Gasteiger partial charge in [0.25, 0.3) is 0 Å². The molecule has 0 rings (SSSR count). The smallest absolute Gasteiger partial charge is 0.365 e. The van der Waals surface area contributed by atoms with Crippen molar-refractivity contribution in [3.63, 3.8) is 0 Å². The maximum Gasteiger partial charge on any atom is 0.365 e. The zero-order valence-corrected chi connectivity index (χ0v) is 8.85. The van der Waals surface area contributed by atoms with E-state index in [9.17, 15) is 4.79 Å². The molecule has 0 aliphatic heterocycles. The number of carbonyl (C=O) groups excluding carboxylic acids is 1. The van der Waals surface area contributed by atoms with Gasteiger partial charge in [-0.1, -0.05) is 6.58 Å². The van der Waals surface area contributed by atoms with E-state index in [0.29, 0.717) is 19.8 Å². The summed E-state index contributed by atoms with van der Waals surface area (Å²) in [4.78, 5) is 18.5. The first-order chi connectivity index (χ1) is 7.22. The lowest BCUT2D eigenvalue weighted by Crippen LogP contribution is -2.03. The number of rotatable bonds is 7. The Kier molecular flexibility index (Phi) is 17.0. The summed E-state index contributed by atoms with van der Waals surface area (Å²) in [5.74, 6) is -0.563. The zero-order valence-electron chi connectivity index (χ0n) is 8.85. The minimum absolute atomic E-state index is 0.0278. The molecule has 0 atom stereocenters. The largest absolute Gasteiger partial charge is 0.394 e. The van der Waals surface area contributed by atoms with Crippen LogP contribution >= 0.6 is 0 Å². The first-order valence-corrected chi connectivity index (χ1v) is 4.48. The molecular weight excluding hydrogens is 204 g/mol. The van der Waals surface area contributed by atoms with E-state index in [1.807, 2.05) is 0 Å². The Balaban J connectivity index is 0. The van der Waals surface area contributed by atoms with Gasteiger partial charge in [-0.2, -0.15) is 4.89 Å². The van der Waals surface area contributed by atoms with Crippen LogP contribution in [0.3, 0.4) is 0 Å². The van der Waals surface area contributed by atoms with Gasteiger partial charge in [0, 0.05) is 6.08 Å². The summed E-state index contributed by atoms with van der Waals surface area (Å²) in [6.07, 6.45) is 1.04. The van der Waals surface area contributed by atoms with Crippen molar-refractivity contribution in [3.8, 4) is 0 Å². The van der Waals surface area contributed by atoms with E-state index in [0.717, 1.165) is 6.08 Å². The van der Waals surface area contributed by atoms with E-state index in [-0.39, 0.29) is 13.2 Å². The molecule has 0 aliphatic rings. The van der Waals surface area contributed by atoms with Crippen molar-refractivity contribution in [1.29, 1.82) is 0 Å². The average molecular weight is 222 g/mol. The van der Waals surface area contributed by atoms with Gasteiger partial charge in [0.15, 0.2) is 0 Å². The molecule has 0 aromatic rings. The molecule has 0 fully saturated rings. The van der Waals surface area contributed by atoms with E-state index < -0.39 is 5.97 Å². The van der Waals surface area contributed by atoms with Gasteiger partial charge in [0.1, 0.15) is 0 Å². The SMILES string of the molecule is C=CC(=O)OOCC.OCCOCCO. The van der Waals surface area contributed by atoms with Crippen LogP contribution < -0.4 is 0 Å². The summed E-state index contributed by atoms with van der Waals surface area (Å²) in [5.41, 5.74) is 0. The summed E-state index contributed by atoms with van der Waals surface area (Å²) in [7, 11) is 0. The van der Waals surface area contributed by atoms with Crippen molar-refractivity contribution >= 4 is 5.97 Å². The summed E-state index contributed by atoms with van der Waals surface area (Å²) >= 11 is 0. The van der Waals surface area contributed by atoms with Gasteiger partial charge >= 0.3 is 5.97 Å². The van der Waals surface area contributed by atoms with Gasteiger partial charge < -0.3 is 14.9 Å². The van der Waals surface area contributed by atoms with Crippen molar-refractivity contribution in [2.75, 3.05) is 33.0 Å². The Morgan fingerprint density at radius 1 is 1.33 bits per heavy atom. The summed E-state index contributed by atoms with van der Waals surface area (Å²) in [6, 6.07) is 0. The van der Waals surface area contributed by atoms with Gasteiger partial charge in [-0.15, -0.1) is 0 Å². The lowest BCUT2D eigenvalue weighted by Gasteiger charge is -1.94. The maximum absolute atomic E-state index is 10.1. The Morgan fingerprint density at radius 3 is 2.20 bits per heavy atom. The fourth-order valence-electron chi connectivity index (χ4n) is 0.382. The maximum atomic E-state index is 10.1. The number of aliphatic hydroxyl groups is 2. The van der Waals surface area contributed by atoms with Crippen LogP contribution in [-0.2, 0) is 19.3 Å². The Morgan fingerprint density at radius 2 is 1.87 bits per heavy atom. The zero-order chi connectivity index (χ0) is 11.9. The molecule has 0 heterocycles. The van der Waals surface area contributed by atoms with Crippen molar-refractivity contribution < 1.29 is 29.5 Å². The summed E-state index contributed by atoms with van der Waals surface area (Å²) < 4.78 is 4.63. The molecule has 0 bridgehead atoms. The second-order valence-corrected chi connectivity index (χ2v) is 2.07. The predicted octanol–water partition coefficient (Wildman–Crippen LogP) is -0.345. The highest BCUT2D eigenvalue weighted by molar-refractivity contribution is 5.80. The van der Waals surface area contributed by atoms with Gasteiger partial charge in [-0.3, -0.25) is 4.89 Å². The van der Waals surface area contributed by atoms with Crippen LogP contribution in [-0.4, -0.2) is 49.2 Å². The fourth-order valence-corrected chi connectivity index (χ4v) is 0.382. The van der Waals surface area contributed by atoms with E-state index in [2.05, 4.69) is 21.1 Å². The topological polar surface area (TPSA) is 85.2 Å². The second kappa shape index (κ2) is 15.5. The van der Waals surface area contributed by atoms with E-state index in [1.165, 1.54) is 0 Å². The normalized spacial score (nSPS) is 8.73. The molecule has 0 aromatic carbocycles. The lowest BCUT2D eigenvalue weighted by molar-refractivity contribution is -0.264. The number of carbonyl (C=O) groups is 1. The number of aliphatic hydroxyl groups excluding tert-OH is 2. The third kappa shape index (κ3) is 19.5. The van der Waals surface area contributed by atoms with Crippen LogP contribution in [0, 0.1) is 0 Å². The standard InChI is InChI=1S/C5H8O3.C4H10O3/c1-3-5(6)8-7-4-2;5-1-3-7-4-2-6/h3H,1,4H2,2H3;5-6H,1-4H2. The van der Waals surface area contributed by atoms with Crippen LogP contribution in [0.15, 0.2) is 12.7 Å². The van der Waals surface area contributed by atoms with Gasteiger partial charge in [-0.25, -0.2) is 4.79 Å². The Hall–Kier alpha value is -0.950. The van der Waals surface area contributed by atoms with Crippen molar-refractivity contribution in [2.45, 2.75) is 6.92 Å². The van der Waals surface area contributed by atoms with Crippen LogP contribution in [0.25, 0.3) is 0 Å². The van der Waals surface area contributed by atoms with Gasteiger partial charge in [0.2, 0.25) is 0 Å². The van der Waals surface area contributed by atoms with Crippen LogP contribution in [0.1, 0.15) is 6.92 Å². The molecule has 0 radical (unpaired) electrons. The molecule has 0 unspecified atom stereocenters. The highest BCUT2D eigenvalue weighted by atomic mass is 17.2. The molecule has 0 saturated heterocycles. The molecule has 2 N–H and O–H groups in total. The minimum Gasteiger partial charge on any atom is -0.394 e. The van der Waals surface area contributed by atoms with Crippen molar-refractivity contribution in [2.24, 2.45) is 0 Å². The third-order valence-corrected chi connectivity index (χ3v) is 0.897. The highest BCUT2D eigenvalue weighted by Crippen LogP contribution is 1.79. The predicted molar refractivity (Wildman–Crippen MR) is 52.9 cm³/mol. The Bertz CT molecular complexity index is 144. The molecule has 15 heavy (non-hydrogen) atoms. The molecule has 0 saturated carbocycles. The van der Waals surface area contributed by atoms with Crippen LogP contribution in [0.2, 0.25) is 0 Å². The molecule has 0 aromatic heterocycles. The monoisotopic (exact) mass is 222 g/mol. The summed E-state index contributed by atoms with van der Waals surface area (Å²) in [5, 5.41) is 16.2. The highest BCUT2D eigenvalue weighted by Gasteiger charge is 1.91. The lowest BCUT2D eigenvalue weighted by atomic mass is 10.7. The molecule has 6 nitrogen and oxygen atoms in total. The average Bonchev–Trinajstić information content (AvgIpc) is 2.27. The van der Waals surface area contributed by atoms with E-state index >= 15 is 0 Å². The first-order valence-electron chi connectivity index (χ1n) is 4.48. The fraction of sp³-hybridized carbons (Fsp3) is 0.667. The molecule has 90 valence electrons. The Labute approximate surface area is 89.0 Å². The minimum atomic E-state index is -0.563. The molecule has 0 spiro atoms. The van der Waals surface area contributed by atoms with Crippen molar-refractivity contribution in [1.82, 2.24) is 0 Å². The van der Waals surface area contributed by atoms with Gasteiger partial charge in [-0.05, 0) is 6.92 Å². The summed E-state index contributed by atoms with van der Waals surface area (Å²) in [6.45, 7) is 5.93. The van der Waals surface area contributed by atoms with E-state index in [1.54, 1.807) is 6.92 Å². The van der Waals surface area contributed by atoms with Crippen LogP contribution in [0.4, 0.5) is 0 Å². The number of hydrogen-bond donors (Lipinski definition) is 2. The number of ether oxygens (including phenoxy) is 1. The number of hydrogen-bond acceptors (Lipinski definition) is 6. The van der Waals surface area contributed by atoms with E-state index in [4.69, 9.17) is 10.2 Å². The third-order valence-electron chi connectivity index (χ3n) is 0.897. The second-order valence-electron chi connectivity index (χ2n) is 2.07.